The first-order chi connectivity index (χ1) is 9.25. The number of anilines is 2. The number of nitrogens with zero attached hydrogens (tertiary/aromatic N) is 1. The van der Waals surface area contributed by atoms with Crippen molar-refractivity contribution in [3.63, 3.8) is 0 Å². The smallest absolute Gasteiger partial charge is 0.240 e. The number of piperidine rings is 1. The minimum absolute atomic E-state index is 0.0675. The summed E-state index contributed by atoms with van der Waals surface area (Å²) in [6.45, 7) is 3.41. The molecule has 1 heterocycles. The van der Waals surface area contributed by atoms with Gasteiger partial charge in [-0.1, -0.05) is 0 Å². The first-order valence-corrected chi connectivity index (χ1v) is 8.02. The van der Waals surface area contributed by atoms with Crippen molar-refractivity contribution in [3.8, 4) is 0 Å². The summed E-state index contributed by atoms with van der Waals surface area (Å²) in [6.07, 6.45) is 1.87. The van der Waals surface area contributed by atoms with Gasteiger partial charge < -0.3 is 15.4 Å². The lowest BCUT2D eigenvalue weighted by molar-refractivity contribution is -0.00475. The average Bonchev–Trinajstić information content (AvgIpc) is 2.38. The van der Waals surface area contributed by atoms with Gasteiger partial charge in [0.2, 0.25) is 10.0 Å². The molecule has 2 rings (SSSR count). The van der Waals surface area contributed by atoms with E-state index in [-0.39, 0.29) is 10.5 Å². The first-order valence-electron chi connectivity index (χ1n) is 6.48. The molecule has 4 N–H and O–H groups in total. The van der Waals surface area contributed by atoms with Gasteiger partial charge in [-0.05, 0) is 38.0 Å². The van der Waals surface area contributed by atoms with E-state index in [1.54, 1.807) is 19.2 Å². The second kappa shape index (κ2) is 5.23. The molecule has 1 aliphatic heterocycles. The number of primary sulfonamides is 1. The van der Waals surface area contributed by atoms with E-state index < -0.39 is 10.0 Å². The van der Waals surface area contributed by atoms with Gasteiger partial charge in [0.25, 0.3) is 0 Å². The highest BCUT2D eigenvalue weighted by Gasteiger charge is 2.32. The molecule has 0 amide bonds. The van der Waals surface area contributed by atoms with E-state index in [4.69, 9.17) is 15.6 Å². The lowest BCUT2D eigenvalue weighted by Crippen LogP contribution is -2.47. The lowest BCUT2D eigenvalue weighted by atomic mass is 9.94. The molecular formula is C13H21N3O3S. The Balaban J connectivity index is 2.43. The summed E-state index contributed by atoms with van der Waals surface area (Å²) in [4.78, 5) is 2.06. The lowest BCUT2D eigenvalue weighted by Gasteiger charge is -2.41. The van der Waals surface area contributed by atoms with Gasteiger partial charge in [0, 0.05) is 25.9 Å². The van der Waals surface area contributed by atoms with E-state index in [2.05, 4.69) is 0 Å². The van der Waals surface area contributed by atoms with Crippen LogP contribution < -0.4 is 15.8 Å². The Morgan fingerprint density at radius 3 is 2.70 bits per heavy atom. The highest BCUT2D eigenvalue weighted by molar-refractivity contribution is 7.89. The molecule has 1 aromatic carbocycles. The standard InChI is InChI=1S/C13H21N3O3S/c1-13(19-2)6-3-7-16(9-13)11-5-4-10(14)8-12(11)20(15,17)18/h4-5,8H,3,6-7,9,14H2,1-2H3,(H2,15,17,18). The summed E-state index contributed by atoms with van der Waals surface area (Å²) in [7, 11) is -2.14. The first kappa shape index (κ1) is 15.1. The van der Waals surface area contributed by atoms with E-state index in [0.717, 1.165) is 19.4 Å². The molecule has 1 atom stereocenters. The molecule has 6 nitrogen and oxygen atoms in total. The van der Waals surface area contributed by atoms with E-state index in [0.29, 0.717) is 17.9 Å². The molecule has 0 radical (unpaired) electrons. The van der Waals surface area contributed by atoms with Crippen molar-refractivity contribution in [1.29, 1.82) is 0 Å². The second-order valence-corrected chi connectivity index (χ2v) is 6.98. The van der Waals surface area contributed by atoms with Crippen LogP contribution >= 0.6 is 0 Å². The van der Waals surface area contributed by atoms with Crippen LogP contribution in [0.25, 0.3) is 0 Å². The molecule has 1 saturated heterocycles. The number of benzene rings is 1. The maximum absolute atomic E-state index is 11.7. The van der Waals surface area contributed by atoms with Crippen molar-refractivity contribution in [2.24, 2.45) is 5.14 Å². The van der Waals surface area contributed by atoms with Gasteiger partial charge in [-0.3, -0.25) is 0 Å². The third-order valence-corrected chi connectivity index (χ3v) is 4.72. The molecule has 112 valence electrons. The fraction of sp³-hybridized carbons (Fsp3) is 0.538. The van der Waals surface area contributed by atoms with E-state index in [9.17, 15) is 8.42 Å². The molecule has 20 heavy (non-hydrogen) atoms. The van der Waals surface area contributed by atoms with Gasteiger partial charge in [-0.25, -0.2) is 13.6 Å². The molecule has 0 aliphatic carbocycles. The van der Waals surface area contributed by atoms with Crippen LogP contribution in [0.3, 0.4) is 0 Å². The molecule has 0 aromatic heterocycles. The third kappa shape index (κ3) is 3.05. The zero-order chi connectivity index (χ0) is 15.0. The largest absolute Gasteiger partial charge is 0.399 e. The predicted octanol–water partition coefficient (Wildman–Crippen LogP) is 0.922. The SMILES string of the molecule is COC1(C)CCCN(c2ccc(N)cc2S(N)(=O)=O)C1. The van der Waals surface area contributed by atoms with Crippen molar-refractivity contribution in [2.75, 3.05) is 30.8 Å². The van der Waals surface area contributed by atoms with E-state index in [1.807, 2.05) is 11.8 Å². The Morgan fingerprint density at radius 2 is 2.10 bits per heavy atom. The zero-order valence-corrected chi connectivity index (χ0v) is 12.6. The van der Waals surface area contributed by atoms with Gasteiger partial charge in [0.1, 0.15) is 4.90 Å². The van der Waals surface area contributed by atoms with Crippen molar-refractivity contribution >= 4 is 21.4 Å². The van der Waals surface area contributed by atoms with Crippen LogP contribution in [0.4, 0.5) is 11.4 Å². The van der Waals surface area contributed by atoms with Crippen molar-refractivity contribution < 1.29 is 13.2 Å². The van der Waals surface area contributed by atoms with E-state index >= 15 is 0 Å². The second-order valence-electron chi connectivity index (χ2n) is 5.45. The number of ether oxygens (including phenoxy) is 1. The van der Waals surface area contributed by atoms with Crippen LogP contribution in [0.2, 0.25) is 0 Å². The Bertz CT molecular complexity index is 603. The number of nitrogens with two attached hydrogens (primary N) is 2. The number of nitrogen functional groups attached to an aromatic ring is 1. The molecule has 7 heteroatoms. The van der Waals surface area contributed by atoms with Crippen LogP contribution in [0.1, 0.15) is 19.8 Å². The van der Waals surface area contributed by atoms with E-state index in [1.165, 1.54) is 6.07 Å². The molecule has 1 aliphatic rings. The third-order valence-electron chi connectivity index (χ3n) is 3.78. The topological polar surface area (TPSA) is 98.7 Å². The molecule has 0 bridgehead atoms. The fourth-order valence-corrected chi connectivity index (χ4v) is 3.39. The normalized spacial score (nSPS) is 23.9. The van der Waals surface area contributed by atoms with Crippen molar-refractivity contribution in [1.82, 2.24) is 0 Å². The van der Waals surface area contributed by atoms with Gasteiger partial charge in [-0.15, -0.1) is 0 Å². The summed E-state index contributed by atoms with van der Waals surface area (Å²) in [5, 5.41) is 5.29. The fourth-order valence-electron chi connectivity index (χ4n) is 2.60. The minimum Gasteiger partial charge on any atom is -0.399 e. The number of rotatable bonds is 3. The van der Waals surface area contributed by atoms with Crippen LogP contribution in [-0.2, 0) is 14.8 Å². The summed E-state index contributed by atoms with van der Waals surface area (Å²) in [5.74, 6) is 0. The quantitative estimate of drug-likeness (QED) is 0.809. The average molecular weight is 299 g/mol. The van der Waals surface area contributed by atoms with Gasteiger partial charge in [-0.2, -0.15) is 0 Å². The predicted molar refractivity (Wildman–Crippen MR) is 79.1 cm³/mol. The van der Waals surface area contributed by atoms with Gasteiger partial charge in [0.05, 0.1) is 11.3 Å². The molecule has 0 spiro atoms. The number of methoxy groups -OCH3 is 1. The molecule has 1 fully saturated rings. The van der Waals surface area contributed by atoms with Crippen molar-refractivity contribution in [3.05, 3.63) is 18.2 Å². The number of hydrogen-bond donors (Lipinski definition) is 2. The monoisotopic (exact) mass is 299 g/mol. The van der Waals surface area contributed by atoms with Crippen LogP contribution in [-0.4, -0.2) is 34.2 Å². The van der Waals surface area contributed by atoms with Crippen LogP contribution in [0.15, 0.2) is 23.1 Å². The molecule has 0 saturated carbocycles. The Labute approximate surface area is 119 Å². The highest BCUT2D eigenvalue weighted by Crippen LogP contribution is 2.32. The summed E-state index contributed by atoms with van der Waals surface area (Å²) >= 11 is 0. The van der Waals surface area contributed by atoms with Crippen LogP contribution in [0.5, 0.6) is 0 Å². The highest BCUT2D eigenvalue weighted by atomic mass is 32.2. The molecule has 1 aromatic rings. The Morgan fingerprint density at radius 1 is 1.40 bits per heavy atom. The van der Waals surface area contributed by atoms with Crippen molar-refractivity contribution in [2.45, 2.75) is 30.3 Å². The Hall–Kier alpha value is -1.31. The molecular weight excluding hydrogens is 278 g/mol. The summed E-state index contributed by atoms with van der Waals surface area (Å²) in [5.41, 5.74) is 6.35. The Kier molecular flexibility index (Phi) is 3.95. The van der Waals surface area contributed by atoms with Gasteiger partial charge >= 0.3 is 0 Å². The number of hydrogen-bond acceptors (Lipinski definition) is 5. The molecule has 1 unspecified atom stereocenters. The summed E-state index contributed by atoms with van der Waals surface area (Å²) in [6, 6.07) is 4.79. The summed E-state index contributed by atoms with van der Waals surface area (Å²) < 4.78 is 29.0. The minimum atomic E-state index is -3.81. The van der Waals surface area contributed by atoms with Crippen LogP contribution in [0, 0.1) is 0 Å². The number of sulfonamides is 1. The zero-order valence-electron chi connectivity index (χ0n) is 11.8. The van der Waals surface area contributed by atoms with Gasteiger partial charge in [0.15, 0.2) is 0 Å². The maximum Gasteiger partial charge on any atom is 0.240 e. The maximum atomic E-state index is 11.7.